The minimum Gasteiger partial charge on any atom is -0.340 e. The second-order valence-corrected chi connectivity index (χ2v) is 3.46. The van der Waals surface area contributed by atoms with Crippen LogP contribution in [-0.2, 0) is 0 Å². The topological polar surface area (TPSA) is 70.2 Å². The van der Waals surface area contributed by atoms with Gasteiger partial charge in [0.2, 0.25) is 0 Å². The van der Waals surface area contributed by atoms with Crippen molar-refractivity contribution in [3.8, 4) is 0 Å². The number of urea groups is 1. The Labute approximate surface area is 94.2 Å². The van der Waals surface area contributed by atoms with E-state index < -0.39 is 6.03 Å². The van der Waals surface area contributed by atoms with Gasteiger partial charge in [-0.3, -0.25) is 10.2 Å². The summed E-state index contributed by atoms with van der Waals surface area (Å²) in [6.45, 7) is 3.90. The lowest BCUT2D eigenvalue weighted by atomic mass is 10.1. The first kappa shape index (κ1) is 12.0. The van der Waals surface area contributed by atoms with Gasteiger partial charge in [-0.2, -0.15) is 0 Å². The molecular weight excluding hydrogens is 206 g/mol. The molecule has 1 rings (SSSR count). The molecule has 3 N–H and O–H groups in total. The predicted molar refractivity (Wildman–Crippen MR) is 61.0 cm³/mol. The molecule has 0 radical (unpaired) electrons. The van der Waals surface area contributed by atoms with E-state index >= 15 is 0 Å². The fourth-order valence-corrected chi connectivity index (χ4v) is 1.13. The van der Waals surface area contributed by atoms with E-state index in [4.69, 9.17) is 0 Å². The van der Waals surface area contributed by atoms with Crippen LogP contribution >= 0.6 is 0 Å². The summed E-state index contributed by atoms with van der Waals surface area (Å²) in [4.78, 5) is 22.4. The summed E-state index contributed by atoms with van der Waals surface area (Å²) < 4.78 is 0. The molecule has 0 fully saturated rings. The third-order valence-corrected chi connectivity index (χ3v) is 2.29. The van der Waals surface area contributed by atoms with E-state index in [9.17, 15) is 9.59 Å². The largest absolute Gasteiger partial charge is 0.340 e. The van der Waals surface area contributed by atoms with Crippen molar-refractivity contribution < 1.29 is 9.59 Å². The van der Waals surface area contributed by atoms with Crippen molar-refractivity contribution in [2.24, 2.45) is 0 Å². The van der Waals surface area contributed by atoms with E-state index in [0.29, 0.717) is 5.56 Å². The van der Waals surface area contributed by atoms with Gasteiger partial charge in [0.25, 0.3) is 5.91 Å². The van der Waals surface area contributed by atoms with E-state index in [1.807, 2.05) is 19.9 Å². The van der Waals surface area contributed by atoms with Gasteiger partial charge in [-0.05, 0) is 37.1 Å². The first-order chi connectivity index (χ1) is 7.54. The zero-order valence-corrected chi connectivity index (χ0v) is 9.55. The fraction of sp³-hybridized carbons (Fsp3) is 0.273. The number of hydrogen-bond acceptors (Lipinski definition) is 2. The number of rotatable bonds is 1. The summed E-state index contributed by atoms with van der Waals surface area (Å²) in [6.07, 6.45) is 0. The second-order valence-electron chi connectivity index (χ2n) is 3.46. The van der Waals surface area contributed by atoms with Crippen LogP contribution in [0.15, 0.2) is 18.2 Å². The monoisotopic (exact) mass is 221 g/mol. The van der Waals surface area contributed by atoms with E-state index in [1.165, 1.54) is 7.05 Å². The van der Waals surface area contributed by atoms with Crippen LogP contribution in [-0.4, -0.2) is 19.0 Å². The normalized spacial score (nSPS) is 9.44. The zero-order valence-electron chi connectivity index (χ0n) is 9.55. The van der Waals surface area contributed by atoms with Gasteiger partial charge in [-0.25, -0.2) is 10.2 Å². The molecule has 0 aliphatic rings. The van der Waals surface area contributed by atoms with E-state index in [-0.39, 0.29) is 5.91 Å². The minimum atomic E-state index is -0.461. The number of hydrazine groups is 1. The average molecular weight is 221 g/mol. The van der Waals surface area contributed by atoms with Gasteiger partial charge in [-0.1, -0.05) is 6.07 Å². The van der Waals surface area contributed by atoms with Gasteiger partial charge < -0.3 is 5.32 Å². The van der Waals surface area contributed by atoms with Crippen molar-refractivity contribution in [2.75, 3.05) is 7.05 Å². The number of carbonyl (C=O) groups excluding carboxylic acids is 2. The van der Waals surface area contributed by atoms with Gasteiger partial charge in [-0.15, -0.1) is 0 Å². The molecule has 0 aliphatic carbocycles. The molecule has 0 spiro atoms. The Morgan fingerprint density at radius 2 is 1.75 bits per heavy atom. The van der Waals surface area contributed by atoms with Gasteiger partial charge >= 0.3 is 6.03 Å². The van der Waals surface area contributed by atoms with Gasteiger partial charge in [0.05, 0.1) is 0 Å². The van der Waals surface area contributed by atoms with Crippen LogP contribution < -0.4 is 16.2 Å². The molecule has 16 heavy (non-hydrogen) atoms. The lowest BCUT2D eigenvalue weighted by Crippen LogP contribution is -2.45. The molecule has 0 unspecified atom stereocenters. The Bertz CT molecular complexity index is 416. The molecule has 0 aromatic heterocycles. The number of carbonyl (C=O) groups is 2. The molecule has 0 saturated heterocycles. The van der Waals surface area contributed by atoms with Crippen LogP contribution in [0.5, 0.6) is 0 Å². The number of amides is 3. The van der Waals surface area contributed by atoms with Crippen LogP contribution in [0.25, 0.3) is 0 Å². The van der Waals surface area contributed by atoms with Crippen molar-refractivity contribution in [3.05, 3.63) is 34.9 Å². The van der Waals surface area contributed by atoms with Crippen LogP contribution in [0.2, 0.25) is 0 Å². The maximum atomic E-state index is 11.6. The summed E-state index contributed by atoms with van der Waals surface area (Å²) in [7, 11) is 1.47. The maximum absolute atomic E-state index is 11.6. The summed E-state index contributed by atoms with van der Waals surface area (Å²) in [5, 5.41) is 2.33. The Hall–Kier alpha value is -2.04. The molecule has 86 valence electrons. The highest BCUT2D eigenvalue weighted by molar-refractivity contribution is 5.95. The van der Waals surface area contributed by atoms with Crippen molar-refractivity contribution in [2.45, 2.75) is 13.8 Å². The quantitative estimate of drug-likeness (QED) is 0.616. The van der Waals surface area contributed by atoms with Crippen LogP contribution in [0.1, 0.15) is 21.5 Å². The van der Waals surface area contributed by atoms with Crippen molar-refractivity contribution in [3.63, 3.8) is 0 Å². The highest BCUT2D eigenvalue weighted by Gasteiger charge is 2.06. The van der Waals surface area contributed by atoms with Crippen LogP contribution in [0.3, 0.4) is 0 Å². The minimum absolute atomic E-state index is 0.341. The molecule has 0 atom stereocenters. The Morgan fingerprint density at radius 1 is 1.06 bits per heavy atom. The SMILES string of the molecule is CNC(=O)NNC(=O)c1ccc(C)c(C)c1. The Balaban J connectivity index is 2.66. The molecule has 5 nitrogen and oxygen atoms in total. The smallest absolute Gasteiger partial charge is 0.333 e. The van der Waals surface area contributed by atoms with Crippen LogP contribution in [0.4, 0.5) is 4.79 Å². The first-order valence-electron chi connectivity index (χ1n) is 4.90. The third-order valence-electron chi connectivity index (χ3n) is 2.29. The van der Waals surface area contributed by atoms with Gasteiger partial charge in [0.1, 0.15) is 0 Å². The zero-order chi connectivity index (χ0) is 12.1. The standard InChI is InChI=1S/C11H15N3O2/c1-7-4-5-9(6-8(7)2)10(15)13-14-11(16)12-3/h4-6H,1-3H3,(H,13,15)(H2,12,14,16). The van der Waals surface area contributed by atoms with Crippen molar-refractivity contribution >= 4 is 11.9 Å². The highest BCUT2D eigenvalue weighted by atomic mass is 16.2. The van der Waals surface area contributed by atoms with E-state index in [2.05, 4.69) is 16.2 Å². The van der Waals surface area contributed by atoms with E-state index in [1.54, 1.807) is 12.1 Å². The van der Waals surface area contributed by atoms with E-state index in [0.717, 1.165) is 11.1 Å². The highest BCUT2D eigenvalue weighted by Crippen LogP contribution is 2.09. The van der Waals surface area contributed by atoms with Gasteiger partial charge in [0.15, 0.2) is 0 Å². The van der Waals surface area contributed by atoms with Crippen LogP contribution in [0, 0.1) is 13.8 Å². The summed E-state index contributed by atoms with van der Waals surface area (Å²) >= 11 is 0. The first-order valence-corrected chi connectivity index (χ1v) is 4.90. The van der Waals surface area contributed by atoms with Gasteiger partial charge in [0, 0.05) is 12.6 Å². The Morgan fingerprint density at radius 3 is 2.31 bits per heavy atom. The molecule has 3 amide bonds. The van der Waals surface area contributed by atoms with Crippen molar-refractivity contribution in [1.29, 1.82) is 0 Å². The second kappa shape index (κ2) is 5.16. The summed E-state index contributed by atoms with van der Waals surface area (Å²) in [5.41, 5.74) is 7.18. The molecular formula is C11H15N3O2. The number of hydrogen-bond donors (Lipinski definition) is 3. The maximum Gasteiger partial charge on any atom is 0.333 e. The molecule has 5 heteroatoms. The molecule has 0 heterocycles. The Kier molecular flexibility index (Phi) is 3.88. The average Bonchev–Trinajstić information content (AvgIpc) is 2.29. The summed E-state index contributed by atoms with van der Waals surface area (Å²) in [5.74, 6) is -0.341. The summed E-state index contributed by atoms with van der Waals surface area (Å²) in [6, 6.07) is 4.89. The lowest BCUT2D eigenvalue weighted by molar-refractivity contribution is 0.0936. The fourth-order valence-electron chi connectivity index (χ4n) is 1.13. The molecule has 1 aromatic rings. The molecule has 0 saturated carbocycles. The molecule has 0 bridgehead atoms. The number of nitrogens with one attached hydrogen (secondary N) is 3. The molecule has 0 aliphatic heterocycles. The number of benzene rings is 1. The molecule has 1 aromatic carbocycles. The third kappa shape index (κ3) is 2.98. The number of aryl methyl sites for hydroxylation is 2. The predicted octanol–water partition coefficient (Wildman–Crippen LogP) is 0.877. The van der Waals surface area contributed by atoms with Crippen molar-refractivity contribution in [1.82, 2.24) is 16.2 Å². The lowest BCUT2D eigenvalue weighted by Gasteiger charge is -2.07.